The molecule has 0 aliphatic heterocycles. The fourth-order valence-electron chi connectivity index (χ4n) is 2.44. The van der Waals surface area contributed by atoms with Crippen LogP contribution in [-0.4, -0.2) is 18.1 Å². The first-order valence-corrected chi connectivity index (χ1v) is 7.19. The zero-order chi connectivity index (χ0) is 13.7. The Morgan fingerprint density at radius 2 is 1.84 bits per heavy atom. The van der Waals surface area contributed by atoms with Crippen LogP contribution in [0.1, 0.15) is 44.6 Å². The molecule has 1 N–H and O–H groups in total. The summed E-state index contributed by atoms with van der Waals surface area (Å²) < 4.78 is 5.66. The number of carbonyl (C=O) groups excluding carboxylic acids is 1. The van der Waals surface area contributed by atoms with E-state index in [1.807, 2.05) is 31.2 Å². The molecule has 0 radical (unpaired) electrons. The van der Waals surface area contributed by atoms with Crippen LogP contribution in [0.4, 0.5) is 0 Å². The average molecular weight is 261 g/mol. The summed E-state index contributed by atoms with van der Waals surface area (Å²) in [7, 11) is 0. The fourth-order valence-corrected chi connectivity index (χ4v) is 2.44. The van der Waals surface area contributed by atoms with Crippen LogP contribution in [0.2, 0.25) is 0 Å². The maximum atomic E-state index is 12.0. The van der Waals surface area contributed by atoms with Crippen molar-refractivity contribution >= 4 is 5.91 Å². The number of hydrogen-bond acceptors (Lipinski definition) is 2. The number of ether oxygens (including phenoxy) is 1. The molecule has 0 aromatic heterocycles. The van der Waals surface area contributed by atoms with E-state index in [1.165, 1.54) is 24.8 Å². The van der Waals surface area contributed by atoms with Gasteiger partial charge in [-0.1, -0.05) is 37.0 Å². The Balaban J connectivity index is 1.83. The molecule has 0 spiro atoms. The van der Waals surface area contributed by atoms with Crippen molar-refractivity contribution < 1.29 is 9.53 Å². The Morgan fingerprint density at radius 3 is 2.47 bits per heavy atom. The molecular weight excluding hydrogens is 238 g/mol. The summed E-state index contributed by atoms with van der Waals surface area (Å²) in [5.41, 5.74) is 1.19. The topological polar surface area (TPSA) is 38.3 Å². The maximum Gasteiger partial charge on any atom is 0.260 e. The van der Waals surface area contributed by atoms with Gasteiger partial charge in [-0.25, -0.2) is 0 Å². The summed E-state index contributed by atoms with van der Waals surface area (Å²) in [6.45, 7) is 3.83. The zero-order valence-corrected chi connectivity index (χ0v) is 11.8. The van der Waals surface area contributed by atoms with Crippen LogP contribution in [0.5, 0.6) is 5.75 Å². The second kappa shape index (κ2) is 6.60. The minimum absolute atomic E-state index is 0.00697. The lowest BCUT2D eigenvalue weighted by Gasteiger charge is -2.24. The van der Waals surface area contributed by atoms with E-state index in [0.717, 1.165) is 18.6 Å². The largest absolute Gasteiger partial charge is 0.481 e. The molecule has 1 aliphatic carbocycles. The van der Waals surface area contributed by atoms with Gasteiger partial charge in [0.05, 0.1) is 0 Å². The van der Waals surface area contributed by atoms with E-state index >= 15 is 0 Å². The lowest BCUT2D eigenvalue weighted by atomic mass is 9.95. The van der Waals surface area contributed by atoms with Crippen molar-refractivity contribution in [2.75, 3.05) is 0 Å². The zero-order valence-electron chi connectivity index (χ0n) is 11.8. The van der Waals surface area contributed by atoms with Crippen molar-refractivity contribution in [2.45, 2.75) is 58.1 Å². The number of aryl methyl sites for hydroxylation is 1. The van der Waals surface area contributed by atoms with E-state index in [-0.39, 0.29) is 5.91 Å². The first-order valence-electron chi connectivity index (χ1n) is 7.19. The van der Waals surface area contributed by atoms with Gasteiger partial charge in [0.15, 0.2) is 6.10 Å². The Labute approximate surface area is 115 Å². The quantitative estimate of drug-likeness (QED) is 0.903. The van der Waals surface area contributed by atoms with Gasteiger partial charge in [0.1, 0.15) is 5.75 Å². The third-order valence-electron chi connectivity index (χ3n) is 3.65. The number of carbonyl (C=O) groups is 1. The minimum Gasteiger partial charge on any atom is -0.481 e. The Bertz CT molecular complexity index is 407. The number of nitrogens with one attached hydrogen (secondary N) is 1. The van der Waals surface area contributed by atoms with Gasteiger partial charge in [-0.05, 0) is 38.8 Å². The SMILES string of the molecule is Cc1ccc(O[C@H](C)C(=O)NC2CCCCC2)cc1. The summed E-state index contributed by atoms with van der Waals surface area (Å²) in [5.74, 6) is 0.740. The summed E-state index contributed by atoms with van der Waals surface area (Å²) in [4.78, 5) is 12.0. The lowest BCUT2D eigenvalue weighted by Crippen LogP contribution is -2.43. The van der Waals surface area contributed by atoms with Gasteiger partial charge in [0, 0.05) is 6.04 Å². The normalized spacial score (nSPS) is 17.8. The number of benzene rings is 1. The average Bonchev–Trinajstić information content (AvgIpc) is 2.42. The summed E-state index contributed by atoms with van der Waals surface area (Å²) in [6, 6.07) is 8.12. The molecule has 1 aromatic rings. The summed E-state index contributed by atoms with van der Waals surface area (Å²) in [6.07, 6.45) is 5.49. The van der Waals surface area contributed by atoms with Gasteiger partial charge in [-0.15, -0.1) is 0 Å². The highest BCUT2D eigenvalue weighted by Gasteiger charge is 2.20. The molecule has 1 aliphatic rings. The van der Waals surface area contributed by atoms with E-state index in [2.05, 4.69) is 5.32 Å². The maximum absolute atomic E-state index is 12.0. The molecule has 0 bridgehead atoms. The second-order valence-corrected chi connectivity index (χ2v) is 5.42. The molecule has 0 heterocycles. The molecule has 3 heteroatoms. The van der Waals surface area contributed by atoms with E-state index in [1.54, 1.807) is 6.92 Å². The van der Waals surface area contributed by atoms with Crippen molar-refractivity contribution in [2.24, 2.45) is 0 Å². The highest BCUT2D eigenvalue weighted by molar-refractivity contribution is 5.81. The third-order valence-corrected chi connectivity index (χ3v) is 3.65. The molecule has 1 aromatic carbocycles. The Morgan fingerprint density at radius 1 is 1.21 bits per heavy atom. The summed E-state index contributed by atoms with van der Waals surface area (Å²) in [5, 5.41) is 3.09. The predicted molar refractivity (Wildman–Crippen MR) is 76.3 cm³/mol. The van der Waals surface area contributed by atoms with Gasteiger partial charge in [0.25, 0.3) is 5.91 Å². The molecular formula is C16H23NO2. The van der Waals surface area contributed by atoms with E-state index in [0.29, 0.717) is 6.04 Å². The number of rotatable bonds is 4. The van der Waals surface area contributed by atoms with E-state index in [4.69, 9.17) is 4.74 Å². The number of amides is 1. The van der Waals surface area contributed by atoms with Gasteiger partial charge in [0.2, 0.25) is 0 Å². The van der Waals surface area contributed by atoms with Gasteiger partial charge in [-0.3, -0.25) is 4.79 Å². The molecule has 3 nitrogen and oxygen atoms in total. The van der Waals surface area contributed by atoms with Crippen LogP contribution in [0.15, 0.2) is 24.3 Å². The molecule has 0 saturated heterocycles. The molecule has 19 heavy (non-hydrogen) atoms. The van der Waals surface area contributed by atoms with Crippen molar-refractivity contribution in [3.63, 3.8) is 0 Å². The standard InChI is InChI=1S/C16H23NO2/c1-12-8-10-15(11-9-12)19-13(2)16(18)17-14-6-4-3-5-7-14/h8-11,13-14H,3-7H2,1-2H3,(H,17,18)/t13-/m1/s1. The smallest absolute Gasteiger partial charge is 0.260 e. The third kappa shape index (κ3) is 4.27. The summed E-state index contributed by atoms with van der Waals surface area (Å²) >= 11 is 0. The van der Waals surface area contributed by atoms with E-state index < -0.39 is 6.10 Å². The van der Waals surface area contributed by atoms with Gasteiger partial charge >= 0.3 is 0 Å². The molecule has 0 unspecified atom stereocenters. The van der Waals surface area contributed by atoms with Crippen LogP contribution in [0.3, 0.4) is 0 Å². The molecule has 1 atom stereocenters. The Hall–Kier alpha value is -1.51. The monoisotopic (exact) mass is 261 g/mol. The number of hydrogen-bond donors (Lipinski definition) is 1. The molecule has 104 valence electrons. The second-order valence-electron chi connectivity index (χ2n) is 5.42. The van der Waals surface area contributed by atoms with Crippen LogP contribution in [0.25, 0.3) is 0 Å². The lowest BCUT2D eigenvalue weighted by molar-refractivity contribution is -0.128. The van der Waals surface area contributed by atoms with Crippen molar-refractivity contribution in [3.05, 3.63) is 29.8 Å². The van der Waals surface area contributed by atoms with E-state index in [9.17, 15) is 4.79 Å². The van der Waals surface area contributed by atoms with Crippen LogP contribution in [-0.2, 0) is 4.79 Å². The molecule has 2 rings (SSSR count). The molecule has 1 amide bonds. The van der Waals surface area contributed by atoms with Crippen molar-refractivity contribution in [3.8, 4) is 5.75 Å². The molecule has 1 fully saturated rings. The van der Waals surface area contributed by atoms with Crippen molar-refractivity contribution in [1.29, 1.82) is 0 Å². The minimum atomic E-state index is -0.440. The first kappa shape index (κ1) is 13.9. The van der Waals surface area contributed by atoms with Crippen LogP contribution in [0, 0.1) is 6.92 Å². The van der Waals surface area contributed by atoms with Crippen LogP contribution < -0.4 is 10.1 Å². The van der Waals surface area contributed by atoms with Gasteiger partial charge < -0.3 is 10.1 Å². The highest BCUT2D eigenvalue weighted by Crippen LogP contribution is 2.18. The van der Waals surface area contributed by atoms with Gasteiger partial charge in [-0.2, -0.15) is 0 Å². The predicted octanol–water partition coefficient (Wildman–Crippen LogP) is 3.21. The highest BCUT2D eigenvalue weighted by atomic mass is 16.5. The fraction of sp³-hybridized carbons (Fsp3) is 0.562. The Kier molecular flexibility index (Phi) is 4.83. The first-order chi connectivity index (χ1) is 9.15. The molecule has 1 saturated carbocycles. The van der Waals surface area contributed by atoms with Crippen molar-refractivity contribution in [1.82, 2.24) is 5.32 Å². The van der Waals surface area contributed by atoms with Crippen LogP contribution >= 0.6 is 0 Å².